The second-order valence-corrected chi connectivity index (χ2v) is 9.51. The van der Waals surface area contributed by atoms with Crippen molar-refractivity contribution in [1.29, 1.82) is 0 Å². The van der Waals surface area contributed by atoms with Crippen LogP contribution in [0, 0.1) is 11.6 Å². The number of nitrogens with zero attached hydrogens (tertiary/aromatic N) is 3. The van der Waals surface area contributed by atoms with Crippen molar-refractivity contribution in [3.05, 3.63) is 71.1 Å². The van der Waals surface area contributed by atoms with Crippen LogP contribution in [0.3, 0.4) is 0 Å². The average Bonchev–Trinajstić information content (AvgIpc) is 3.38. The maximum Gasteiger partial charge on any atom is 0.292 e. The largest absolute Gasteiger partial charge is 0.494 e. The number of carbonyl (C=O) groups is 2. The van der Waals surface area contributed by atoms with E-state index in [-0.39, 0.29) is 28.3 Å². The van der Waals surface area contributed by atoms with Gasteiger partial charge in [0, 0.05) is 35.7 Å². The minimum Gasteiger partial charge on any atom is -0.494 e. The van der Waals surface area contributed by atoms with Gasteiger partial charge in [0.1, 0.15) is 0 Å². The van der Waals surface area contributed by atoms with Crippen LogP contribution in [-0.4, -0.2) is 59.6 Å². The van der Waals surface area contributed by atoms with E-state index in [9.17, 15) is 13.6 Å². The molecule has 1 aliphatic carbocycles. The molecular formula is C28H29ClF2N6O4. The number of fused-ring (bicyclic) bond motifs is 1. The molecule has 13 heteroatoms. The van der Waals surface area contributed by atoms with Gasteiger partial charge in [-0.15, -0.1) is 0 Å². The van der Waals surface area contributed by atoms with E-state index in [2.05, 4.69) is 37.6 Å². The Bertz CT molecular complexity index is 1540. The number of amides is 1. The molecule has 0 radical (unpaired) electrons. The molecule has 1 fully saturated rings. The highest BCUT2D eigenvalue weighted by molar-refractivity contribution is 6.34. The van der Waals surface area contributed by atoms with E-state index in [1.807, 2.05) is 0 Å². The predicted octanol–water partition coefficient (Wildman–Crippen LogP) is 4.74. The first-order chi connectivity index (χ1) is 19.8. The zero-order valence-corrected chi connectivity index (χ0v) is 23.3. The summed E-state index contributed by atoms with van der Waals surface area (Å²) in [5.74, 6) is -2.13. The van der Waals surface area contributed by atoms with Gasteiger partial charge in [-0.1, -0.05) is 18.5 Å². The lowest BCUT2D eigenvalue weighted by Crippen LogP contribution is -2.52. The van der Waals surface area contributed by atoms with Crippen molar-refractivity contribution in [2.45, 2.75) is 31.8 Å². The molecule has 0 bridgehead atoms. The highest BCUT2D eigenvalue weighted by Gasteiger charge is 2.30. The second kappa shape index (κ2) is 13.4. The van der Waals surface area contributed by atoms with Gasteiger partial charge in [0.05, 0.1) is 36.7 Å². The molecule has 216 valence electrons. The van der Waals surface area contributed by atoms with Crippen molar-refractivity contribution >= 4 is 41.1 Å². The normalized spacial score (nSPS) is 15.8. The number of benzene rings is 2. The molecule has 2 aromatic carbocycles. The zero-order valence-electron chi connectivity index (χ0n) is 22.6. The number of ether oxygens (including phenoxy) is 2. The number of halogens is 3. The summed E-state index contributed by atoms with van der Waals surface area (Å²) < 4.78 is 39.3. The van der Waals surface area contributed by atoms with Crippen molar-refractivity contribution in [3.63, 3.8) is 0 Å². The smallest absolute Gasteiger partial charge is 0.292 e. The first-order valence-electron chi connectivity index (χ1n) is 12.7. The van der Waals surface area contributed by atoms with Gasteiger partial charge in [-0.25, -0.2) is 14.4 Å². The van der Waals surface area contributed by atoms with Gasteiger partial charge >= 0.3 is 0 Å². The fourth-order valence-electron chi connectivity index (χ4n) is 4.46. The Hall–Kier alpha value is -4.29. The number of carbonyl (C=O) groups excluding carboxylic acids is 2. The number of hydrogen-bond donors (Lipinski definition) is 3. The van der Waals surface area contributed by atoms with Gasteiger partial charge in [-0.05, 0) is 49.7 Å². The van der Waals surface area contributed by atoms with E-state index in [0.29, 0.717) is 40.9 Å². The minimum absolute atomic E-state index is 0.0321. The van der Waals surface area contributed by atoms with Gasteiger partial charge in [-0.3, -0.25) is 14.0 Å². The molecular weight excluding hydrogens is 558 g/mol. The molecule has 10 nitrogen and oxygen atoms in total. The topological polar surface area (TPSA) is 119 Å². The predicted molar refractivity (Wildman–Crippen MR) is 151 cm³/mol. The molecule has 5 rings (SSSR count). The highest BCUT2D eigenvalue weighted by Crippen LogP contribution is 2.32. The molecule has 4 aromatic rings. The summed E-state index contributed by atoms with van der Waals surface area (Å²) >= 11 is 6.43. The molecule has 41 heavy (non-hydrogen) atoms. The van der Waals surface area contributed by atoms with Crippen LogP contribution in [0.15, 0.2) is 48.9 Å². The lowest BCUT2D eigenvalue weighted by molar-refractivity contribution is -0.126. The number of anilines is 2. The molecule has 0 saturated heterocycles. The van der Waals surface area contributed by atoms with Crippen LogP contribution in [0.2, 0.25) is 5.02 Å². The Morgan fingerprint density at radius 2 is 1.90 bits per heavy atom. The molecule has 1 saturated carbocycles. The Labute approximate surface area is 240 Å². The molecule has 1 amide bonds. The monoisotopic (exact) mass is 586 g/mol. The first-order valence-corrected chi connectivity index (χ1v) is 13.1. The number of aromatic nitrogens is 3. The third-order valence-corrected chi connectivity index (χ3v) is 6.82. The van der Waals surface area contributed by atoms with Crippen LogP contribution in [-0.2, 0) is 9.53 Å². The average molecular weight is 587 g/mol. The number of hydrogen-bond acceptors (Lipinski definition) is 8. The van der Waals surface area contributed by atoms with Crippen LogP contribution >= 0.6 is 11.6 Å². The Balaban J connectivity index is 0.000000909. The van der Waals surface area contributed by atoms with E-state index in [1.54, 1.807) is 28.8 Å². The number of nitrogens with one attached hydrogen (secondary N) is 3. The number of imidazole rings is 1. The van der Waals surface area contributed by atoms with Crippen molar-refractivity contribution in [2.24, 2.45) is 0 Å². The summed E-state index contributed by atoms with van der Waals surface area (Å²) in [6.45, 7) is 3.34. The van der Waals surface area contributed by atoms with Crippen LogP contribution in [0.25, 0.3) is 16.9 Å². The second-order valence-electron chi connectivity index (χ2n) is 9.10. The molecule has 3 N–H and O–H groups in total. The maximum atomic E-state index is 14.7. The third-order valence-electron chi connectivity index (χ3n) is 6.51. The van der Waals surface area contributed by atoms with E-state index in [0.717, 1.165) is 19.4 Å². The maximum absolute atomic E-state index is 14.7. The number of methoxy groups -OCH3 is 2. The van der Waals surface area contributed by atoms with E-state index in [4.69, 9.17) is 21.1 Å². The molecule has 0 spiro atoms. The summed E-state index contributed by atoms with van der Waals surface area (Å²) in [6, 6.07) is 8.36. The van der Waals surface area contributed by atoms with Gasteiger partial charge in [-0.2, -0.15) is 4.39 Å². The number of rotatable bonds is 9. The van der Waals surface area contributed by atoms with Crippen molar-refractivity contribution in [1.82, 2.24) is 25.0 Å². The lowest BCUT2D eigenvalue weighted by Gasteiger charge is -2.36. The summed E-state index contributed by atoms with van der Waals surface area (Å²) in [5.41, 5.74) is 1.74. The molecule has 0 atom stereocenters. The Kier molecular flexibility index (Phi) is 9.69. The first kappa shape index (κ1) is 29.7. The van der Waals surface area contributed by atoms with Gasteiger partial charge < -0.3 is 25.4 Å². The van der Waals surface area contributed by atoms with Gasteiger partial charge in [0.25, 0.3) is 12.4 Å². The van der Waals surface area contributed by atoms with Crippen LogP contribution in [0.5, 0.6) is 5.75 Å². The van der Waals surface area contributed by atoms with Crippen molar-refractivity contribution in [3.8, 4) is 17.0 Å². The fourth-order valence-corrected chi connectivity index (χ4v) is 4.73. The molecule has 0 unspecified atom stereocenters. The van der Waals surface area contributed by atoms with Crippen LogP contribution < -0.4 is 20.7 Å². The molecule has 0 aliphatic heterocycles. The molecule has 2 aromatic heterocycles. The van der Waals surface area contributed by atoms with Gasteiger partial charge in [0.2, 0.25) is 5.82 Å². The molecule has 1 aliphatic rings. The van der Waals surface area contributed by atoms with Crippen molar-refractivity contribution in [2.75, 3.05) is 26.1 Å². The third kappa shape index (κ3) is 6.55. The zero-order chi connectivity index (χ0) is 29.5. The Morgan fingerprint density at radius 3 is 2.56 bits per heavy atom. The van der Waals surface area contributed by atoms with Gasteiger partial charge in [0.15, 0.2) is 23.0 Å². The summed E-state index contributed by atoms with van der Waals surface area (Å²) in [5, 5.41) is 9.80. The quantitative estimate of drug-likeness (QED) is 0.241. The fraction of sp³-hybridized carbons (Fsp3) is 0.286. The van der Waals surface area contributed by atoms with Crippen molar-refractivity contribution < 1.29 is 27.8 Å². The van der Waals surface area contributed by atoms with Crippen LogP contribution in [0.4, 0.5) is 20.3 Å². The summed E-state index contributed by atoms with van der Waals surface area (Å²) in [7, 11) is 2.59. The Morgan fingerprint density at radius 1 is 1.15 bits per heavy atom. The molecule has 2 heterocycles. The summed E-state index contributed by atoms with van der Waals surface area (Å²) in [4.78, 5) is 30.3. The highest BCUT2D eigenvalue weighted by atomic mass is 35.5. The lowest BCUT2D eigenvalue weighted by atomic mass is 9.86. The standard InChI is InChI=1S/C26H25ClF2N6O2.C2H4O2/c1-3-30-15-10-16(11-15)34-26(36)17-5-4-14(12-19(17)27)33-24-25-32-13-20(35(25)9-8-31-24)18-6-7-21(37-2)23(29)22(18)28;1-4-2-3/h4-9,12-13,15-16,30H,3,10-11H2,1-2H3,(H,31,33)(H,34,36);2H,1H3. The van der Waals surface area contributed by atoms with Crippen LogP contribution in [0.1, 0.15) is 30.1 Å². The van der Waals surface area contributed by atoms with E-state index < -0.39 is 11.6 Å². The minimum atomic E-state index is -1.07. The van der Waals surface area contributed by atoms with E-state index in [1.165, 1.54) is 38.7 Å². The summed E-state index contributed by atoms with van der Waals surface area (Å²) in [6.07, 6.45) is 6.35. The van der Waals surface area contributed by atoms with E-state index >= 15 is 0 Å². The SMILES string of the molecule is CCNC1CC(NC(=O)c2ccc(Nc3nccn4c(-c5ccc(OC)c(F)c5F)cnc34)cc2Cl)C1.COC=O.